The summed E-state index contributed by atoms with van der Waals surface area (Å²) in [6.07, 6.45) is 2.58. The van der Waals surface area contributed by atoms with E-state index >= 15 is 0 Å². The summed E-state index contributed by atoms with van der Waals surface area (Å²) in [5.41, 5.74) is 2.91. The zero-order valence-electron chi connectivity index (χ0n) is 19.6. The minimum atomic E-state index is -0.731. The van der Waals surface area contributed by atoms with Gasteiger partial charge in [0.05, 0.1) is 6.26 Å². The zero-order valence-corrected chi connectivity index (χ0v) is 19.6. The van der Waals surface area contributed by atoms with Gasteiger partial charge >= 0.3 is 5.97 Å². The van der Waals surface area contributed by atoms with Gasteiger partial charge in [0.15, 0.2) is 23.9 Å². The van der Waals surface area contributed by atoms with E-state index in [0.29, 0.717) is 49.7 Å². The van der Waals surface area contributed by atoms with E-state index in [1.54, 1.807) is 18.2 Å². The van der Waals surface area contributed by atoms with Crippen LogP contribution in [0.15, 0.2) is 47.1 Å². The number of rotatable bonds is 6. The fourth-order valence-corrected chi connectivity index (χ4v) is 4.72. The standard InChI is InChI=1S/C26H26N2O7/c1-16-13-19(17(2)28(16)18-7-8-22-24(14-18)34-12-11-33-22)21(29)15-35-26(31)20-5-3-9-27(20)25(30)23-6-4-10-32-23/h4,6-8,10,13-14,20H,3,5,9,11-12,15H2,1-2H3. The number of ketones is 1. The third-order valence-electron chi connectivity index (χ3n) is 6.38. The Kier molecular flexibility index (Phi) is 6.07. The van der Waals surface area contributed by atoms with Crippen LogP contribution in [0.5, 0.6) is 11.5 Å². The van der Waals surface area contributed by atoms with Crippen molar-refractivity contribution in [2.45, 2.75) is 32.7 Å². The number of hydrogen-bond donors (Lipinski definition) is 0. The molecule has 9 nitrogen and oxygen atoms in total. The highest BCUT2D eigenvalue weighted by molar-refractivity contribution is 6.00. The van der Waals surface area contributed by atoms with E-state index in [9.17, 15) is 14.4 Å². The van der Waals surface area contributed by atoms with Crippen molar-refractivity contribution < 1.29 is 33.0 Å². The maximum absolute atomic E-state index is 13.0. The topological polar surface area (TPSA) is 100 Å². The van der Waals surface area contributed by atoms with Gasteiger partial charge in [-0.15, -0.1) is 0 Å². The van der Waals surface area contributed by atoms with Gasteiger partial charge in [0.2, 0.25) is 5.78 Å². The number of hydrogen-bond acceptors (Lipinski definition) is 7. The summed E-state index contributed by atoms with van der Waals surface area (Å²) in [4.78, 5) is 39.8. The average molecular weight is 479 g/mol. The number of carbonyl (C=O) groups is 3. The Morgan fingerprint density at radius 3 is 2.63 bits per heavy atom. The van der Waals surface area contributed by atoms with Gasteiger partial charge in [-0.2, -0.15) is 0 Å². The average Bonchev–Trinajstić information content (AvgIpc) is 3.62. The van der Waals surface area contributed by atoms with Crippen molar-refractivity contribution in [3.63, 3.8) is 0 Å². The quantitative estimate of drug-likeness (QED) is 0.395. The summed E-state index contributed by atoms with van der Waals surface area (Å²) in [5.74, 6) is 0.273. The molecule has 9 heteroatoms. The summed E-state index contributed by atoms with van der Waals surface area (Å²) < 4.78 is 23.8. The number of ether oxygens (including phenoxy) is 3. The Balaban J connectivity index is 1.27. The molecule has 35 heavy (non-hydrogen) atoms. The Labute approximate surface area is 202 Å². The van der Waals surface area contributed by atoms with E-state index in [2.05, 4.69) is 0 Å². The van der Waals surface area contributed by atoms with Gasteiger partial charge in [0, 0.05) is 35.2 Å². The number of likely N-dealkylation sites (tertiary alicyclic amines) is 1. The van der Waals surface area contributed by atoms with E-state index in [4.69, 9.17) is 18.6 Å². The van der Waals surface area contributed by atoms with E-state index < -0.39 is 18.6 Å². The number of aryl methyl sites for hydroxylation is 1. The van der Waals surface area contributed by atoms with Gasteiger partial charge in [-0.25, -0.2) is 4.79 Å². The molecule has 2 aliphatic rings. The van der Waals surface area contributed by atoms with Crippen molar-refractivity contribution in [1.29, 1.82) is 0 Å². The van der Waals surface area contributed by atoms with Crippen LogP contribution in [-0.2, 0) is 9.53 Å². The van der Waals surface area contributed by atoms with Crippen LogP contribution in [-0.4, -0.2) is 59.5 Å². The highest BCUT2D eigenvalue weighted by Gasteiger charge is 2.37. The van der Waals surface area contributed by atoms with Crippen LogP contribution >= 0.6 is 0 Å². The molecule has 182 valence electrons. The van der Waals surface area contributed by atoms with Crippen LogP contribution in [0.25, 0.3) is 5.69 Å². The number of benzene rings is 1. The summed E-state index contributed by atoms with van der Waals surface area (Å²) in [7, 11) is 0. The molecule has 3 aromatic rings. The van der Waals surface area contributed by atoms with E-state index in [1.165, 1.54) is 11.2 Å². The normalized spacial score (nSPS) is 16.9. The fourth-order valence-electron chi connectivity index (χ4n) is 4.72. The lowest BCUT2D eigenvalue weighted by Gasteiger charge is -2.22. The predicted octanol–water partition coefficient (Wildman–Crippen LogP) is 3.49. The van der Waals surface area contributed by atoms with Gasteiger partial charge in [-0.1, -0.05) is 0 Å². The minimum absolute atomic E-state index is 0.173. The fraction of sp³-hybridized carbons (Fsp3) is 0.346. The molecule has 2 aliphatic heterocycles. The third kappa shape index (κ3) is 4.29. The summed E-state index contributed by atoms with van der Waals surface area (Å²) in [6.45, 7) is 4.79. The molecule has 1 amide bonds. The first-order chi connectivity index (χ1) is 16.9. The Morgan fingerprint density at radius 2 is 1.86 bits per heavy atom. The molecular formula is C26H26N2O7. The smallest absolute Gasteiger partial charge is 0.329 e. The molecule has 0 radical (unpaired) electrons. The first kappa shape index (κ1) is 22.8. The second kappa shape index (κ2) is 9.32. The van der Waals surface area contributed by atoms with Gasteiger partial charge in [-0.3, -0.25) is 9.59 Å². The van der Waals surface area contributed by atoms with Gasteiger partial charge in [0.25, 0.3) is 5.91 Å². The summed E-state index contributed by atoms with van der Waals surface area (Å²) >= 11 is 0. The lowest BCUT2D eigenvalue weighted by atomic mass is 10.1. The molecule has 1 aromatic carbocycles. The molecule has 1 fully saturated rings. The number of aromatic nitrogens is 1. The lowest BCUT2D eigenvalue weighted by Crippen LogP contribution is -2.41. The number of fused-ring (bicyclic) bond motifs is 1. The largest absolute Gasteiger partial charge is 0.486 e. The van der Waals surface area contributed by atoms with Gasteiger partial charge in [0.1, 0.15) is 19.3 Å². The number of amides is 1. The molecule has 1 atom stereocenters. The third-order valence-corrected chi connectivity index (χ3v) is 6.38. The van der Waals surface area contributed by atoms with Crippen molar-refractivity contribution >= 4 is 17.7 Å². The van der Waals surface area contributed by atoms with Crippen molar-refractivity contribution in [3.8, 4) is 17.2 Å². The Hall–Kier alpha value is -4.01. The highest BCUT2D eigenvalue weighted by atomic mass is 16.6. The van der Waals surface area contributed by atoms with Gasteiger partial charge < -0.3 is 28.1 Å². The van der Waals surface area contributed by atoms with E-state index in [1.807, 2.05) is 36.6 Å². The van der Waals surface area contributed by atoms with Crippen LogP contribution in [0.3, 0.4) is 0 Å². The molecule has 1 unspecified atom stereocenters. The zero-order chi connectivity index (χ0) is 24.5. The Bertz CT molecular complexity index is 1280. The second-order valence-electron chi connectivity index (χ2n) is 8.61. The van der Waals surface area contributed by atoms with Crippen molar-refractivity contribution in [2.24, 2.45) is 0 Å². The minimum Gasteiger partial charge on any atom is -0.486 e. The van der Waals surface area contributed by atoms with Crippen molar-refractivity contribution in [2.75, 3.05) is 26.4 Å². The van der Waals surface area contributed by atoms with Crippen LogP contribution in [0.4, 0.5) is 0 Å². The highest BCUT2D eigenvalue weighted by Crippen LogP contribution is 2.33. The number of carbonyl (C=O) groups excluding carboxylic acids is 3. The van der Waals surface area contributed by atoms with Crippen LogP contribution < -0.4 is 9.47 Å². The van der Waals surface area contributed by atoms with Crippen LogP contribution in [0.2, 0.25) is 0 Å². The maximum atomic E-state index is 13.0. The number of esters is 1. The van der Waals surface area contributed by atoms with Gasteiger partial charge in [-0.05, 0) is 57.0 Å². The number of nitrogens with zero attached hydrogens (tertiary/aromatic N) is 2. The molecule has 0 spiro atoms. The summed E-state index contributed by atoms with van der Waals surface area (Å²) in [6, 6.07) is 9.87. The van der Waals surface area contributed by atoms with E-state index in [-0.39, 0.29) is 17.5 Å². The maximum Gasteiger partial charge on any atom is 0.329 e. The molecule has 2 aromatic heterocycles. The molecule has 0 aliphatic carbocycles. The second-order valence-corrected chi connectivity index (χ2v) is 8.61. The molecule has 1 saturated heterocycles. The predicted molar refractivity (Wildman–Crippen MR) is 124 cm³/mol. The molecule has 0 N–H and O–H groups in total. The SMILES string of the molecule is Cc1cc(C(=O)COC(=O)C2CCCN2C(=O)c2ccco2)c(C)n1-c1ccc2c(c1)OCCO2. The van der Waals surface area contributed by atoms with Crippen molar-refractivity contribution in [3.05, 3.63) is 65.4 Å². The van der Waals surface area contributed by atoms with Crippen molar-refractivity contribution in [1.82, 2.24) is 9.47 Å². The molecule has 4 heterocycles. The number of furan rings is 1. The molecule has 5 rings (SSSR count). The Morgan fingerprint density at radius 1 is 1.06 bits per heavy atom. The first-order valence-corrected chi connectivity index (χ1v) is 11.6. The summed E-state index contributed by atoms with van der Waals surface area (Å²) in [5, 5.41) is 0. The lowest BCUT2D eigenvalue weighted by molar-refractivity contribution is -0.147. The monoisotopic (exact) mass is 478 g/mol. The molecular weight excluding hydrogens is 452 g/mol. The molecule has 0 bridgehead atoms. The molecule has 0 saturated carbocycles. The first-order valence-electron chi connectivity index (χ1n) is 11.6. The van der Waals surface area contributed by atoms with Crippen LogP contribution in [0, 0.1) is 13.8 Å². The van der Waals surface area contributed by atoms with E-state index in [0.717, 1.165) is 17.1 Å². The van der Waals surface area contributed by atoms with Crippen LogP contribution in [0.1, 0.15) is 45.1 Å². The number of Topliss-reactive ketones (excluding diaryl/α,β-unsaturated/α-hetero) is 1.